The van der Waals surface area contributed by atoms with Crippen LogP contribution in [0.25, 0.3) is 16.8 Å². The van der Waals surface area contributed by atoms with E-state index in [0.717, 1.165) is 34.5 Å². The molecule has 4 rings (SSSR count). The van der Waals surface area contributed by atoms with Crippen molar-refractivity contribution < 1.29 is 9.59 Å². The second kappa shape index (κ2) is 6.81. The van der Waals surface area contributed by atoms with Crippen LogP contribution in [0.15, 0.2) is 71.6 Å². The van der Waals surface area contributed by atoms with Crippen molar-refractivity contribution in [3.63, 3.8) is 0 Å². The summed E-state index contributed by atoms with van der Waals surface area (Å²) >= 11 is 0.989. The highest BCUT2D eigenvalue weighted by Gasteiger charge is 2.36. The van der Waals surface area contributed by atoms with E-state index in [2.05, 4.69) is 6.92 Å². The Kier molecular flexibility index (Phi) is 4.35. The van der Waals surface area contributed by atoms with Gasteiger partial charge in [-0.2, -0.15) is 0 Å². The molecule has 26 heavy (non-hydrogen) atoms. The Morgan fingerprint density at radius 2 is 1.65 bits per heavy atom. The molecule has 0 spiro atoms. The maximum Gasteiger partial charge on any atom is 0.298 e. The van der Waals surface area contributed by atoms with Gasteiger partial charge in [0, 0.05) is 0 Å². The quantitative estimate of drug-likeness (QED) is 0.568. The van der Waals surface area contributed by atoms with E-state index in [4.69, 9.17) is 0 Å². The fourth-order valence-corrected chi connectivity index (χ4v) is 3.92. The lowest BCUT2D eigenvalue weighted by Crippen LogP contribution is -2.27. The molecule has 1 saturated heterocycles. The molecule has 0 saturated carbocycles. The van der Waals surface area contributed by atoms with Crippen LogP contribution in [0.4, 0.5) is 10.5 Å². The summed E-state index contributed by atoms with van der Waals surface area (Å²) in [4.78, 5) is 27.0. The van der Waals surface area contributed by atoms with Crippen molar-refractivity contribution in [2.45, 2.75) is 13.3 Å². The van der Waals surface area contributed by atoms with Gasteiger partial charge in [-0.25, -0.2) is 4.90 Å². The molecule has 0 unspecified atom stereocenters. The number of benzene rings is 3. The average molecular weight is 359 g/mol. The Hall–Kier alpha value is -2.85. The van der Waals surface area contributed by atoms with Crippen LogP contribution in [0.1, 0.15) is 18.1 Å². The summed E-state index contributed by atoms with van der Waals surface area (Å²) < 4.78 is 0. The van der Waals surface area contributed by atoms with Gasteiger partial charge < -0.3 is 0 Å². The molecule has 128 valence electrons. The van der Waals surface area contributed by atoms with E-state index in [1.54, 1.807) is 0 Å². The standard InChI is InChI=1S/C22H17NO2S/c1-2-15-10-12-18(13-11-15)23-21(24)20(26-22(23)25)14-17-8-5-7-16-6-3-4-9-19(16)17/h3-14H,2H2,1H3/b20-14-. The lowest BCUT2D eigenvalue weighted by molar-refractivity contribution is -0.113. The van der Waals surface area contributed by atoms with Gasteiger partial charge in [-0.1, -0.05) is 61.5 Å². The zero-order valence-electron chi connectivity index (χ0n) is 14.3. The number of carbonyl (C=O) groups is 2. The second-order valence-corrected chi connectivity index (χ2v) is 7.10. The molecule has 0 bridgehead atoms. The third-order valence-electron chi connectivity index (χ3n) is 4.51. The highest BCUT2D eigenvalue weighted by atomic mass is 32.2. The number of imide groups is 1. The van der Waals surface area contributed by atoms with Gasteiger partial charge in [-0.15, -0.1) is 0 Å². The Balaban J connectivity index is 1.71. The topological polar surface area (TPSA) is 37.4 Å². The fourth-order valence-electron chi connectivity index (χ4n) is 3.09. The lowest BCUT2D eigenvalue weighted by Gasteiger charge is -2.12. The molecule has 0 N–H and O–H groups in total. The molecule has 0 radical (unpaired) electrons. The number of aryl methyl sites for hydroxylation is 1. The Labute approximate surface area is 156 Å². The summed E-state index contributed by atoms with van der Waals surface area (Å²) in [6, 6.07) is 21.5. The average Bonchev–Trinajstić information content (AvgIpc) is 2.95. The van der Waals surface area contributed by atoms with Gasteiger partial charge in [-0.3, -0.25) is 9.59 Å². The number of rotatable bonds is 3. The molecule has 1 fully saturated rings. The summed E-state index contributed by atoms with van der Waals surface area (Å²) in [5, 5.41) is 1.91. The summed E-state index contributed by atoms with van der Waals surface area (Å²) in [6.07, 6.45) is 2.73. The van der Waals surface area contributed by atoms with Gasteiger partial charge in [0.1, 0.15) is 0 Å². The van der Waals surface area contributed by atoms with Crippen molar-refractivity contribution in [1.29, 1.82) is 0 Å². The highest BCUT2D eigenvalue weighted by molar-refractivity contribution is 8.19. The minimum absolute atomic E-state index is 0.259. The maximum atomic E-state index is 12.8. The molecular weight excluding hydrogens is 342 g/mol. The molecule has 3 aromatic rings. The van der Waals surface area contributed by atoms with Crippen molar-refractivity contribution in [2.24, 2.45) is 0 Å². The Morgan fingerprint density at radius 1 is 0.923 bits per heavy atom. The number of nitrogens with zero attached hydrogens (tertiary/aromatic N) is 1. The summed E-state index contributed by atoms with van der Waals surface area (Å²) in [5.74, 6) is -0.266. The first-order valence-corrected chi connectivity index (χ1v) is 9.33. The smallest absolute Gasteiger partial charge is 0.268 e. The lowest BCUT2D eigenvalue weighted by atomic mass is 10.0. The Morgan fingerprint density at radius 3 is 2.42 bits per heavy atom. The summed E-state index contributed by atoms with van der Waals surface area (Å²) in [5.41, 5.74) is 2.73. The van der Waals surface area contributed by atoms with Crippen LogP contribution in [0.3, 0.4) is 0 Å². The predicted octanol–water partition coefficient (Wildman–Crippen LogP) is 5.64. The first kappa shape index (κ1) is 16.6. The molecule has 1 heterocycles. The predicted molar refractivity (Wildman–Crippen MR) is 108 cm³/mol. The molecule has 3 aromatic carbocycles. The van der Waals surface area contributed by atoms with Crippen molar-refractivity contribution >= 4 is 45.4 Å². The van der Waals surface area contributed by atoms with E-state index >= 15 is 0 Å². The van der Waals surface area contributed by atoms with Crippen LogP contribution in [0.2, 0.25) is 0 Å². The first-order chi connectivity index (χ1) is 12.7. The van der Waals surface area contributed by atoms with Crippen molar-refractivity contribution in [1.82, 2.24) is 0 Å². The second-order valence-electron chi connectivity index (χ2n) is 6.11. The van der Waals surface area contributed by atoms with Gasteiger partial charge in [0.2, 0.25) is 0 Å². The molecular formula is C22H17NO2S. The normalized spacial score (nSPS) is 16.0. The van der Waals surface area contributed by atoms with Crippen molar-refractivity contribution in [3.05, 3.63) is 82.8 Å². The van der Waals surface area contributed by atoms with E-state index in [-0.39, 0.29) is 11.1 Å². The maximum absolute atomic E-state index is 12.8. The van der Waals surface area contributed by atoms with Gasteiger partial charge in [-0.05, 0) is 58.3 Å². The number of amides is 2. The van der Waals surface area contributed by atoms with Crippen LogP contribution in [-0.2, 0) is 11.2 Å². The van der Waals surface area contributed by atoms with E-state index in [9.17, 15) is 9.59 Å². The zero-order valence-corrected chi connectivity index (χ0v) is 15.1. The first-order valence-electron chi connectivity index (χ1n) is 8.52. The SMILES string of the molecule is CCc1ccc(N2C(=O)S/C(=C\c3cccc4ccccc34)C2=O)cc1. The van der Waals surface area contributed by atoms with E-state index in [0.29, 0.717) is 10.6 Å². The molecule has 3 nitrogen and oxygen atoms in total. The van der Waals surface area contributed by atoms with Crippen LogP contribution in [0.5, 0.6) is 0 Å². The van der Waals surface area contributed by atoms with Gasteiger partial charge in [0.05, 0.1) is 10.6 Å². The molecule has 0 aromatic heterocycles. The van der Waals surface area contributed by atoms with Crippen LogP contribution in [-0.4, -0.2) is 11.1 Å². The van der Waals surface area contributed by atoms with E-state index in [1.165, 1.54) is 10.5 Å². The summed E-state index contributed by atoms with van der Waals surface area (Å²) in [7, 11) is 0. The van der Waals surface area contributed by atoms with Crippen LogP contribution >= 0.6 is 11.8 Å². The fraction of sp³-hybridized carbons (Fsp3) is 0.0909. The molecule has 4 heteroatoms. The van der Waals surface area contributed by atoms with Crippen LogP contribution in [0, 0.1) is 0 Å². The summed E-state index contributed by atoms with van der Waals surface area (Å²) in [6.45, 7) is 2.07. The minimum Gasteiger partial charge on any atom is -0.268 e. The number of thioether (sulfide) groups is 1. The number of hydrogen-bond acceptors (Lipinski definition) is 3. The minimum atomic E-state index is -0.266. The number of fused-ring (bicyclic) bond motifs is 1. The zero-order chi connectivity index (χ0) is 18.1. The van der Waals surface area contributed by atoms with Crippen molar-refractivity contribution in [3.8, 4) is 0 Å². The highest BCUT2D eigenvalue weighted by Crippen LogP contribution is 2.36. The number of carbonyl (C=O) groups excluding carboxylic acids is 2. The molecule has 1 aliphatic heterocycles. The van der Waals surface area contributed by atoms with E-state index in [1.807, 2.05) is 72.8 Å². The van der Waals surface area contributed by atoms with E-state index < -0.39 is 0 Å². The molecule has 1 aliphatic rings. The van der Waals surface area contributed by atoms with Crippen molar-refractivity contribution in [2.75, 3.05) is 4.90 Å². The van der Waals surface area contributed by atoms with Gasteiger partial charge in [0.15, 0.2) is 0 Å². The molecule has 0 aliphatic carbocycles. The largest absolute Gasteiger partial charge is 0.298 e. The molecule has 2 amide bonds. The third kappa shape index (κ3) is 2.93. The Bertz CT molecular complexity index is 1030. The van der Waals surface area contributed by atoms with Gasteiger partial charge in [0.25, 0.3) is 11.1 Å². The number of anilines is 1. The van der Waals surface area contributed by atoms with Crippen LogP contribution < -0.4 is 4.90 Å². The molecule has 0 atom stereocenters. The van der Waals surface area contributed by atoms with Gasteiger partial charge >= 0.3 is 0 Å². The number of hydrogen-bond donors (Lipinski definition) is 0. The monoisotopic (exact) mass is 359 g/mol. The third-order valence-corrected chi connectivity index (χ3v) is 5.38.